The van der Waals surface area contributed by atoms with Crippen LogP contribution in [0.1, 0.15) is 11.5 Å². The monoisotopic (exact) mass is 439 g/mol. The Morgan fingerprint density at radius 2 is 1.84 bits per heavy atom. The van der Waals surface area contributed by atoms with E-state index in [-0.39, 0.29) is 35.0 Å². The van der Waals surface area contributed by atoms with Crippen molar-refractivity contribution in [2.75, 3.05) is 0 Å². The number of alkyl halides is 3. The van der Waals surface area contributed by atoms with Gasteiger partial charge in [0.2, 0.25) is 11.7 Å². The molecule has 0 bridgehead atoms. The molecule has 3 heterocycles. The van der Waals surface area contributed by atoms with Crippen molar-refractivity contribution in [2.24, 2.45) is 0 Å². The minimum atomic E-state index is -4.49. The first kappa shape index (κ1) is 19.6. The van der Waals surface area contributed by atoms with E-state index in [0.29, 0.717) is 5.69 Å². The summed E-state index contributed by atoms with van der Waals surface area (Å²) in [6, 6.07) is 13.7. The average Bonchev–Trinajstić information content (AvgIpc) is 3.43. The summed E-state index contributed by atoms with van der Waals surface area (Å²) >= 11 is 0. The Labute approximate surface area is 176 Å². The predicted molar refractivity (Wildman–Crippen MR) is 105 cm³/mol. The Morgan fingerprint density at radius 1 is 1.03 bits per heavy atom. The molecule has 0 N–H and O–H groups in total. The Balaban J connectivity index is 1.44. The van der Waals surface area contributed by atoms with Crippen molar-refractivity contribution < 1.29 is 17.7 Å². The van der Waals surface area contributed by atoms with Crippen LogP contribution >= 0.6 is 0 Å². The molecule has 5 rings (SSSR count). The summed E-state index contributed by atoms with van der Waals surface area (Å²) in [6.45, 7) is -0.133. The summed E-state index contributed by atoms with van der Waals surface area (Å²) in [6.07, 6.45) is -3.20. The molecule has 2 aromatic carbocycles. The molecule has 0 aliphatic carbocycles. The van der Waals surface area contributed by atoms with Gasteiger partial charge in [-0.2, -0.15) is 22.8 Å². The normalized spacial score (nSPS) is 11.8. The molecule has 12 heteroatoms. The van der Waals surface area contributed by atoms with Crippen molar-refractivity contribution in [2.45, 2.75) is 12.7 Å². The van der Waals surface area contributed by atoms with Crippen molar-refractivity contribution in [1.82, 2.24) is 34.7 Å². The highest BCUT2D eigenvalue weighted by Crippen LogP contribution is 2.31. The van der Waals surface area contributed by atoms with Crippen molar-refractivity contribution in [3.63, 3.8) is 0 Å². The highest BCUT2D eigenvalue weighted by molar-refractivity contribution is 5.70. The minimum absolute atomic E-state index is 0.0242. The fraction of sp³-hybridized carbons (Fsp3) is 0.100. The summed E-state index contributed by atoms with van der Waals surface area (Å²) in [5, 5.41) is 11.6. The molecule has 3 aromatic heterocycles. The highest BCUT2D eigenvalue weighted by atomic mass is 19.4. The number of fused-ring (bicyclic) bond motifs is 1. The van der Waals surface area contributed by atoms with Crippen LogP contribution in [0, 0.1) is 0 Å². The zero-order chi connectivity index (χ0) is 22.3. The third kappa shape index (κ3) is 3.51. The van der Waals surface area contributed by atoms with Crippen LogP contribution < -0.4 is 5.56 Å². The van der Waals surface area contributed by atoms with Crippen LogP contribution in [0.5, 0.6) is 0 Å². The molecule has 0 aliphatic heterocycles. The molecule has 32 heavy (non-hydrogen) atoms. The molecule has 0 saturated heterocycles. The van der Waals surface area contributed by atoms with E-state index in [1.165, 1.54) is 27.7 Å². The van der Waals surface area contributed by atoms with Gasteiger partial charge < -0.3 is 4.52 Å². The summed E-state index contributed by atoms with van der Waals surface area (Å²) in [7, 11) is 0. The van der Waals surface area contributed by atoms with Crippen LogP contribution in [-0.2, 0) is 12.7 Å². The topological polar surface area (TPSA) is 105 Å². The largest absolute Gasteiger partial charge is 0.416 e. The zero-order valence-corrected chi connectivity index (χ0v) is 16.1. The molecule has 160 valence electrons. The van der Waals surface area contributed by atoms with Crippen LogP contribution in [0.2, 0.25) is 0 Å². The molecule has 0 radical (unpaired) electrons. The average molecular weight is 439 g/mol. The second-order valence-corrected chi connectivity index (χ2v) is 6.78. The lowest BCUT2D eigenvalue weighted by molar-refractivity contribution is -0.137. The van der Waals surface area contributed by atoms with E-state index in [9.17, 15) is 18.0 Å². The lowest BCUT2D eigenvalue weighted by Crippen LogP contribution is -2.21. The number of hydrogen-bond donors (Lipinski definition) is 0. The number of para-hydroxylation sites is 1. The number of halogens is 3. The van der Waals surface area contributed by atoms with Crippen molar-refractivity contribution >= 4 is 11.2 Å². The van der Waals surface area contributed by atoms with Gasteiger partial charge in [0.05, 0.1) is 11.3 Å². The fourth-order valence-corrected chi connectivity index (χ4v) is 3.12. The van der Waals surface area contributed by atoms with Gasteiger partial charge in [0.15, 0.2) is 11.2 Å². The maximum absolute atomic E-state index is 12.9. The molecule has 0 spiro atoms. The van der Waals surface area contributed by atoms with Gasteiger partial charge in [-0.05, 0) is 24.3 Å². The first-order valence-corrected chi connectivity index (χ1v) is 9.26. The Kier molecular flexibility index (Phi) is 4.54. The predicted octanol–water partition coefficient (Wildman–Crippen LogP) is 3.09. The maximum atomic E-state index is 12.9. The van der Waals surface area contributed by atoms with E-state index in [1.807, 2.05) is 18.2 Å². The van der Waals surface area contributed by atoms with Crippen LogP contribution in [0.3, 0.4) is 0 Å². The number of hydrogen-bond acceptors (Lipinski definition) is 7. The summed E-state index contributed by atoms with van der Waals surface area (Å²) in [4.78, 5) is 21.2. The Morgan fingerprint density at radius 3 is 2.62 bits per heavy atom. The standard InChI is InChI=1S/C20H12F3N7O2/c21-20(22,23)13-6-4-5-12(9-13)17-25-15(32-27-17)10-29-11-24-18-16(19(29)31)26-28-30(18)14-7-2-1-3-8-14/h1-9,11H,10H2. The molecule has 0 amide bonds. The summed E-state index contributed by atoms with van der Waals surface area (Å²) in [5.41, 5.74) is -0.129. The maximum Gasteiger partial charge on any atom is 0.416 e. The molecule has 0 saturated carbocycles. The van der Waals surface area contributed by atoms with Gasteiger partial charge >= 0.3 is 6.18 Å². The van der Waals surface area contributed by atoms with Gasteiger partial charge in [-0.1, -0.05) is 40.7 Å². The van der Waals surface area contributed by atoms with Gasteiger partial charge in [-0.25, -0.2) is 4.98 Å². The highest BCUT2D eigenvalue weighted by Gasteiger charge is 2.30. The first-order chi connectivity index (χ1) is 15.4. The molecule has 9 nitrogen and oxygen atoms in total. The van der Waals surface area contributed by atoms with E-state index in [0.717, 1.165) is 12.1 Å². The van der Waals surface area contributed by atoms with Crippen LogP contribution in [-0.4, -0.2) is 34.7 Å². The molecular weight excluding hydrogens is 427 g/mol. The number of rotatable bonds is 4. The van der Waals surface area contributed by atoms with E-state index in [2.05, 4.69) is 25.4 Å². The smallest absolute Gasteiger partial charge is 0.337 e. The number of nitrogens with zero attached hydrogens (tertiary/aromatic N) is 7. The fourth-order valence-electron chi connectivity index (χ4n) is 3.12. The lowest BCUT2D eigenvalue weighted by atomic mass is 10.1. The quantitative estimate of drug-likeness (QED) is 0.424. The van der Waals surface area contributed by atoms with Crippen molar-refractivity contribution in [3.05, 3.63) is 82.7 Å². The Hall–Kier alpha value is -4.35. The third-order valence-corrected chi connectivity index (χ3v) is 4.65. The molecule has 0 unspecified atom stereocenters. The van der Waals surface area contributed by atoms with E-state index >= 15 is 0 Å². The number of aromatic nitrogens is 7. The Bertz CT molecular complexity index is 1470. The van der Waals surface area contributed by atoms with E-state index in [1.54, 1.807) is 12.1 Å². The molecule has 0 fully saturated rings. The van der Waals surface area contributed by atoms with Crippen molar-refractivity contribution in [1.29, 1.82) is 0 Å². The molecule has 5 aromatic rings. The van der Waals surface area contributed by atoms with Crippen molar-refractivity contribution in [3.8, 4) is 17.1 Å². The molecule has 0 atom stereocenters. The zero-order valence-electron chi connectivity index (χ0n) is 16.1. The number of benzene rings is 2. The van der Waals surface area contributed by atoms with Gasteiger partial charge in [0.1, 0.15) is 12.9 Å². The van der Waals surface area contributed by atoms with Gasteiger partial charge in [0, 0.05) is 5.56 Å². The third-order valence-electron chi connectivity index (χ3n) is 4.65. The van der Waals surface area contributed by atoms with Gasteiger partial charge in [0.25, 0.3) is 5.56 Å². The molecule has 0 aliphatic rings. The lowest BCUT2D eigenvalue weighted by Gasteiger charge is -2.06. The van der Waals surface area contributed by atoms with E-state index in [4.69, 9.17) is 4.52 Å². The van der Waals surface area contributed by atoms with Crippen LogP contribution in [0.15, 0.2) is 70.2 Å². The van der Waals surface area contributed by atoms with Gasteiger partial charge in [-0.15, -0.1) is 5.10 Å². The second kappa shape index (κ2) is 7.41. The second-order valence-electron chi connectivity index (χ2n) is 6.78. The summed E-state index contributed by atoms with van der Waals surface area (Å²) < 4.78 is 46.6. The first-order valence-electron chi connectivity index (χ1n) is 9.26. The van der Waals surface area contributed by atoms with Gasteiger partial charge in [-0.3, -0.25) is 9.36 Å². The van der Waals surface area contributed by atoms with Crippen LogP contribution in [0.4, 0.5) is 13.2 Å². The summed E-state index contributed by atoms with van der Waals surface area (Å²) in [5.74, 6) is -0.000628. The van der Waals surface area contributed by atoms with E-state index < -0.39 is 17.3 Å². The SMILES string of the molecule is O=c1c2nnn(-c3ccccc3)c2ncn1Cc1nc(-c2cccc(C(F)(F)F)c2)no1. The van der Waals surface area contributed by atoms with Crippen LogP contribution in [0.25, 0.3) is 28.2 Å². The minimum Gasteiger partial charge on any atom is -0.337 e. The molecular formula is C20H12F3N7O2.